The molecule has 9 nitrogen and oxygen atoms in total. The largest absolute Gasteiger partial charge is 0.489 e. The van der Waals surface area contributed by atoms with Gasteiger partial charge in [-0.2, -0.15) is 0 Å². The zero-order chi connectivity index (χ0) is 31.7. The first-order valence-corrected chi connectivity index (χ1v) is 17.7. The van der Waals surface area contributed by atoms with E-state index >= 15 is 0 Å². The van der Waals surface area contributed by atoms with Crippen LogP contribution in [0.3, 0.4) is 0 Å². The second kappa shape index (κ2) is 13.8. The molecule has 0 bridgehead atoms. The number of para-hydroxylation sites is 1. The fourth-order valence-electron chi connectivity index (χ4n) is 6.28. The summed E-state index contributed by atoms with van der Waals surface area (Å²) in [5, 5.41) is 5.30. The normalized spacial score (nSPS) is 17.7. The van der Waals surface area contributed by atoms with Crippen molar-refractivity contribution < 1.29 is 8.95 Å². The Morgan fingerprint density at radius 1 is 1.04 bits per heavy atom. The van der Waals surface area contributed by atoms with Gasteiger partial charge in [0.2, 0.25) is 5.95 Å². The van der Waals surface area contributed by atoms with Crippen LogP contribution in [0.4, 0.5) is 17.3 Å². The van der Waals surface area contributed by atoms with Gasteiger partial charge in [0.05, 0.1) is 44.9 Å². The second-order valence-corrected chi connectivity index (χ2v) is 14.5. The number of aromatic nitrogens is 3. The first-order valence-electron chi connectivity index (χ1n) is 15.7. The maximum absolute atomic E-state index is 12.8. The van der Waals surface area contributed by atoms with Crippen LogP contribution in [0.15, 0.2) is 48.8 Å². The Labute approximate surface area is 278 Å². The van der Waals surface area contributed by atoms with Crippen LogP contribution in [0.25, 0.3) is 22.2 Å². The quantitative estimate of drug-likeness (QED) is 0.211. The van der Waals surface area contributed by atoms with Gasteiger partial charge in [-0.25, -0.2) is 14.2 Å². The van der Waals surface area contributed by atoms with Crippen molar-refractivity contribution >= 4 is 62.4 Å². The van der Waals surface area contributed by atoms with Crippen LogP contribution in [0, 0.1) is 0 Å². The number of likely N-dealkylation sites (N-methyl/N-ethyl adjacent to an activating group) is 1. The highest BCUT2D eigenvalue weighted by Crippen LogP contribution is 2.40. The van der Waals surface area contributed by atoms with Crippen molar-refractivity contribution in [3.63, 3.8) is 0 Å². The number of halogens is 2. The molecule has 6 rings (SSSR count). The molecule has 2 aromatic heterocycles. The third-order valence-electron chi connectivity index (χ3n) is 8.66. The molecule has 1 N–H and O–H groups in total. The fraction of sp³-hybridized carbons (Fsp3) is 0.455. The summed E-state index contributed by atoms with van der Waals surface area (Å²) >= 11 is 13.6. The monoisotopic (exact) mass is 669 g/mol. The van der Waals surface area contributed by atoms with Crippen LogP contribution in [-0.4, -0.2) is 92.2 Å². The molecule has 0 radical (unpaired) electrons. The van der Waals surface area contributed by atoms with Gasteiger partial charge in [0, 0.05) is 74.3 Å². The van der Waals surface area contributed by atoms with E-state index in [1.165, 1.54) is 0 Å². The van der Waals surface area contributed by atoms with Crippen molar-refractivity contribution in [3.05, 3.63) is 58.8 Å². The third kappa shape index (κ3) is 6.95. The number of ether oxygens (including phenoxy) is 1. The van der Waals surface area contributed by atoms with E-state index in [9.17, 15) is 4.21 Å². The lowest BCUT2D eigenvalue weighted by molar-refractivity contribution is 0.0982. The van der Waals surface area contributed by atoms with Crippen molar-refractivity contribution in [1.29, 1.82) is 0 Å². The highest BCUT2D eigenvalue weighted by Gasteiger charge is 2.28. The Balaban J connectivity index is 1.26. The van der Waals surface area contributed by atoms with Crippen molar-refractivity contribution in [3.8, 4) is 17.0 Å². The zero-order valence-corrected chi connectivity index (χ0v) is 28.6. The molecule has 4 aromatic rings. The minimum Gasteiger partial charge on any atom is -0.489 e. The number of rotatable bonds is 9. The summed E-state index contributed by atoms with van der Waals surface area (Å²) in [5.41, 5.74) is 3.85. The van der Waals surface area contributed by atoms with Crippen molar-refractivity contribution in [2.75, 3.05) is 62.3 Å². The topological polar surface area (TPSA) is 78.8 Å². The molecule has 0 aliphatic carbocycles. The molecule has 1 unspecified atom stereocenters. The predicted molar refractivity (Wildman–Crippen MR) is 187 cm³/mol. The van der Waals surface area contributed by atoms with Gasteiger partial charge in [0.25, 0.3) is 0 Å². The van der Waals surface area contributed by atoms with E-state index in [1.807, 2.05) is 63.4 Å². The molecule has 1 atom stereocenters. The summed E-state index contributed by atoms with van der Waals surface area (Å²) in [7, 11) is 0.994. The maximum Gasteiger partial charge on any atom is 0.227 e. The molecule has 0 amide bonds. The maximum atomic E-state index is 12.8. The summed E-state index contributed by atoms with van der Waals surface area (Å²) in [6, 6.07) is 12.4. The molecule has 45 heavy (non-hydrogen) atoms. The number of benzene rings is 2. The Bertz CT molecular complexity index is 1680. The van der Waals surface area contributed by atoms with Crippen LogP contribution >= 0.6 is 23.2 Å². The summed E-state index contributed by atoms with van der Waals surface area (Å²) in [6.45, 7) is 12.4. The number of fused-ring (bicyclic) bond motifs is 1. The summed E-state index contributed by atoms with van der Waals surface area (Å²) in [4.78, 5) is 16.7. The summed E-state index contributed by atoms with van der Waals surface area (Å²) in [6.07, 6.45) is 5.62. The number of hydrogen-bond donors (Lipinski definition) is 1. The molecule has 2 aliphatic rings. The van der Waals surface area contributed by atoms with Gasteiger partial charge in [-0.3, -0.25) is 8.87 Å². The van der Waals surface area contributed by atoms with Gasteiger partial charge < -0.3 is 19.9 Å². The van der Waals surface area contributed by atoms with Crippen LogP contribution in [0.5, 0.6) is 5.75 Å². The van der Waals surface area contributed by atoms with E-state index in [0.29, 0.717) is 44.9 Å². The number of nitrogens with one attached hydrogen (secondary N) is 1. The molecular weight excluding hydrogens is 629 g/mol. The molecule has 2 aromatic carbocycles. The average molecular weight is 671 g/mol. The molecule has 4 heterocycles. The average Bonchev–Trinajstić information content (AvgIpc) is 3.43. The first-order chi connectivity index (χ1) is 21.7. The van der Waals surface area contributed by atoms with Crippen LogP contribution < -0.4 is 15.0 Å². The number of piperidine rings is 1. The standard InChI is InChI=1S/C33H41Cl2N7O2S/c1-5-45(43)42-21-25(24-8-6-7-9-29(24)42)32-27(35)20-36-33(38-32)37-28-18-26(34)30(19-31(28)44-22(2)3)41-12-10-23(11-13-41)40-16-14-39(4)15-17-40/h6-9,18-23H,5,10-17H2,1-4H3,(H,36,37,38). The zero-order valence-electron chi connectivity index (χ0n) is 26.3. The SMILES string of the molecule is CCS(=O)n1cc(-c2nc(Nc3cc(Cl)c(N4CCC(N5CCN(C)CC5)CC4)cc3OC(C)C)ncc2Cl)c2ccccc21. The van der Waals surface area contributed by atoms with Crippen molar-refractivity contribution in [1.82, 2.24) is 23.7 Å². The second-order valence-electron chi connectivity index (χ2n) is 12.0. The van der Waals surface area contributed by atoms with Gasteiger partial charge in [-0.1, -0.05) is 48.3 Å². The number of hydrogen-bond acceptors (Lipinski definition) is 8. The van der Waals surface area contributed by atoms with E-state index in [1.54, 1.807) is 10.2 Å². The van der Waals surface area contributed by atoms with Crippen molar-refractivity contribution in [2.45, 2.75) is 45.8 Å². The first kappa shape index (κ1) is 32.1. The smallest absolute Gasteiger partial charge is 0.227 e. The van der Waals surface area contributed by atoms with E-state index in [0.717, 1.165) is 74.3 Å². The predicted octanol–water partition coefficient (Wildman–Crippen LogP) is 6.68. The van der Waals surface area contributed by atoms with E-state index < -0.39 is 11.0 Å². The van der Waals surface area contributed by atoms with E-state index in [2.05, 4.69) is 32.0 Å². The van der Waals surface area contributed by atoms with Crippen molar-refractivity contribution in [2.24, 2.45) is 0 Å². The number of piperazine rings is 1. The highest BCUT2D eigenvalue weighted by molar-refractivity contribution is 7.83. The van der Waals surface area contributed by atoms with Crippen LogP contribution in [0.2, 0.25) is 10.0 Å². The van der Waals surface area contributed by atoms with Gasteiger partial charge in [0.1, 0.15) is 16.7 Å². The number of nitrogens with zero attached hydrogens (tertiary/aromatic N) is 6. The lowest BCUT2D eigenvalue weighted by atomic mass is 10.0. The molecule has 240 valence electrons. The summed E-state index contributed by atoms with van der Waals surface area (Å²) < 4.78 is 20.9. The molecule has 2 aliphatic heterocycles. The van der Waals surface area contributed by atoms with E-state index in [4.69, 9.17) is 32.9 Å². The highest BCUT2D eigenvalue weighted by atomic mass is 35.5. The fourth-order valence-corrected chi connectivity index (χ4v) is 7.63. The molecule has 0 saturated carbocycles. The minimum absolute atomic E-state index is 0.0465. The molecular formula is C33H41Cl2N7O2S. The van der Waals surface area contributed by atoms with Gasteiger partial charge in [-0.05, 0) is 45.9 Å². The third-order valence-corrected chi connectivity index (χ3v) is 10.5. The van der Waals surface area contributed by atoms with Gasteiger partial charge in [0.15, 0.2) is 0 Å². The Kier molecular flexibility index (Phi) is 9.87. The minimum atomic E-state index is -1.21. The molecule has 2 saturated heterocycles. The Hall–Kier alpha value is -2.89. The van der Waals surface area contributed by atoms with E-state index in [-0.39, 0.29) is 6.10 Å². The Morgan fingerprint density at radius 2 is 1.78 bits per heavy atom. The lowest BCUT2D eigenvalue weighted by Crippen LogP contribution is -2.52. The van der Waals surface area contributed by atoms with Gasteiger partial charge >= 0.3 is 0 Å². The van der Waals surface area contributed by atoms with Crippen LogP contribution in [0.1, 0.15) is 33.6 Å². The molecule has 2 fully saturated rings. The number of anilines is 3. The lowest BCUT2D eigenvalue weighted by Gasteiger charge is -2.42. The van der Waals surface area contributed by atoms with Gasteiger partial charge in [-0.15, -0.1) is 0 Å². The summed E-state index contributed by atoms with van der Waals surface area (Å²) in [5.74, 6) is 1.53. The molecule has 12 heteroatoms. The molecule has 0 spiro atoms. The van der Waals surface area contributed by atoms with Crippen LogP contribution in [-0.2, 0) is 11.0 Å². The Morgan fingerprint density at radius 3 is 2.49 bits per heavy atom.